The van der Waals surface area contributed by atoms with Crippen LogP contribution in [0.1, 0.15) is 32.6 Å². The molecule has 2 heterocycles. The Balaban J connectivity index is 1.43. The van der Waals surface area contributed by atoms with Crippen molar-refractivity contribution in [2.45, 2.75) is 44.8 Å². The lowest BCUT2D eigenvalue weighted by Gasteiger charge is -2.21. The van der Waals surface area contributed by atoms with Gasteiger partial charge in [-0.2, -0.15) is 0 Å². The number of rotatable bonds is 10. The molecule has 0 aromatic heterocycles. The summed E-state index contributed by atoms with van der Waals surface area (Å²) >= 11 is 0. The SMILES string of the molecule is CC(CNCC(O)COCC1CCCO1)CN1CCCC1. The Morgan fingerprint density at radius 2 is 2.10 bits per heavy atom. The molecule has 5 nitrogen and oxygen atoms in total. The van der Waals surface area contributed by atoms with E-state index in [9.17, 15) is 5.11 Å². The summed E-state index contributed by atoms with van der Waals surface area (Å²) in [4.78, 5) is 2.54. The van der Waals surface area contributed by atoms with Crippen molar-refractivity contribution in [1.82, 2.24) is 10.2 Å². The van der Waals surface area contributed by atoms with Crippen LogP contribution in [0.25, 0.3) is 0 Å². The number of likely N-dealkylation sites (tertiary alicyclic amines) is 1. The van der Waals surface area contributed by atoms with Crippen LogP contribution in [0, 0.1) is 5.92 Å². The molecule has 2 saturated heterocycles. The molecule has 0 aromatic carbocycles. The Labute approximate surface area is 129 Å². The van der Waals surface area contributed by atoms with Gasteiger partial charge in [0.1, 0.15) is 0 Å². The van der Waals surface area contributed by atoms with Gasteiger partial charge in [0.2, 0.25) is 0 Å². The molecule has 0 bridgehead atoms. The van der Waals surface area contributed by atoms with E-state index in [4.69, 9.17) is 9.47 Å². The lowest BCUT2D eigenvalue weighted by Crippen LogP contribution is -2.36. The van der Waals surface area contributed by atoms with Crippen molar-refractivity contribution in [3.63, 3.8) is 0 Å². The first-order valence-corrected chi connectivity index (χ1v) is 8.54. The molecule has 3 unspecified atom stereocenters. The average Bonchev–Trinajstić information content (AvgIpc) is 3.12. The molecule has 21 heavy (non-hydrogen) atoms. The molecule has 3 atom stereocenters. The molecule has 2 fully saturated rings. The Hall–Kier alpha value is -0.200. The summed E-state index contributed by atoms with van der Waals surface area (Å²) in [7, 11) is 0. The molecule has 0 saturated carbocycles. The number of hydrogen-bond donors (Lipinski definition) is 2. The second-order valence-corrected chi connectivity index (χ2v) is 6.60. The highest BCUT2D eigenvalue weighted by Crippen LogP contribution is 2.12. The molecule has 2 rings (SSSR count). The smallest absolute Gasteiger partial charge is 0.0897 e. The standard InChI is InChI=1S/C16H32N2O3/c1-14(11-18-6-2-3-7-18)9-17-10-15(19)12-20-13-16-5-4-8-21-16/h14-17,19H,2-13H2,1H3. The van der Waals surface area contributed by atoms with Gasteiger partial charge in [0.25, 0.3) is 0 Å². The third-order valence-electron chi connectivity index (χ3n) is 4.28. The Bertz CT molecular complexity index is 266. The second kappa shape index (κ2) is 9.74. The van der Waals surface area contributed by atoms with Crippen LogP contribution in [0.5, 0.6) is 0 Å². The van der Waals surface area contributed by atoms with Crippen molar-refractivity contribution < 1.29 is 14.6 Å². The minimum atomic E-state index is -0.426. The highest BCUT2D eigenvalue weighted by molar-refractivity contribution is 4.71. The minimum Gasteiger partial charge on any atom is -0.389 e. The number of ether oxygens (including phenoxy) is 2. The Morgan fingerprint density at radius 1 is 1.29 bits per heavy atom. The van der Waals surface area contributed by atoms with Crippen LogP contribution >= 0.6 is 0 Å². The number of hydrogen-bond acceptors (Lipinski definition) is 5. The van der Waals surface area contributed by atoms with Crippen LogP contribution in [-0.2, 0) is 9.47 Å². The molecule has 0 amide bonds. The fraction of sp³-hybridized carbons (Fsp3) is 1.00. The lowest BCUT2D eigenvalue weighted by atomic mass is 10.1. The summed E-state index contributed by atoms with van der Waals surface area (Å²) in [6, 6.07) is 0. The first kappa shape index (κ1) is 17.2. The van der Waals surface area contributed by atoms with E-state index >= 15 is 0 Å². The highest BCUT2D eigenvalue weighted by atomic mass is 16.5. The van der Waals surface area contributed by atoms with E-state index in [1.807, 2.05) is 0 Å². The number of nitrogens with one attached hydrogen (secondary N) is 1. The van der Waals surface area contributed by atoms with Crippen molar-refractivity contribution in [1.29, 1.82) is 0 Å². The zero-order chi connectivity index (χ0) is 14.9. The van der Waals surface area contributed by atoms with Gasteiger partial charge in [0, 0.05) is 19.7 Å². The molecular formula is C16H32N2O3. The largest absolute Gasteiger partial charge is 0.389 e. The summed E-state index contributed by atoms with van der Waals surface area (Å²) in [6.07, 6.45) is 4.73. The van der Waals surface area contributed by atoms with Crippen molar-refractivity contribution in [3.8, 4) is 0 Å². The van der Waals surface area contributed by atoms with Crippen molar-refractivity contribution in [2.24, 2.45) is 5.92 Å². The molecule has 2 aliphatic rings. The van der Waals surface area contributed by atoms with Gasteiger partial charge in [-0.05, 0) is 51.2 Å². The average molecular weight is 300 g/mol. The number of aliphatic hydroxyl groups is 1. The first-order chi connectivity index (χ1) is 10.2. The van der Waals surface area contributed by atoms with Gasteiger partial charge >= 0.3 is 0 Å². The molecule has 5 heteroatoms. The Kier molecular flexibility index (Phi) is 7.96. The summed E-state index contributed by atoms with van der Waals surface area (Å²) in [6.45, 7) is 9.37. The van der Waals surface area contributed by atoms with Crippen LogP contribution in [-0.4, -0.2) is 74.8 Å². The predicted molar refractivity (Wildman–Crippen MR) is 83.5 cm³/mol. The summed E-state index contributed by atoms with van der Waals surface area (Å²) in [5.74, 6) is 0.628. The zero-order valence-corrected chi connectivity index (χ0v) is 13.4. The molecule has 0 radical (unpaired) electrons. The van der Waals surface area contributed by atoms with E-state index < -0.39 is 6.10 Å². The Morgan fingerprint density at radius 3 is 2.81 bits per heavy atom. The number of nitrogens with zero attached hydrogens (tertiary/aromatic N) is 1. The van der Waals surface area contributed by atoms with Crippen LogP contribution < -0.4 is 5.32 Å². The normalized spacial score (nSPS) is 26.3. The van der Waals surface area contributed by atoms with Gasteiger partial charge in [0.05, 0.1) is 25.4 Å². The molecule has 2 aliphatic heterocycles. The summed E-state index contributed by atoms with van der Waals surface area (Å²) in [5.41, 5.74) is 0. The van der Waals surface area contributed by atoms with Gasteiger partial charge in [-0.25, -0.2) is 0 Å². The maximum Gasteiger partial charge on any atom is 0.0897 e. The predicted octanol–water partition coefficient (Wildman–Crippen LogP) is 0.864. The summed E-state index contributed by atoms with van der Waals surface area (Å²) < 4.78 is 11.0. The van der Waals surface area contributed by atoms with Crippen molar-refractivity contribution >= 4 is 0 Å². The first-order valence-electron chi connectivity index (χ1n) is 8.54. The molecule has 0 spiro atoms. The molecular weight excluding hydrogens is 268 g/mol. The quantitative estimate of drug-likeness (QED) is 0.627. The lowest BCUT2D eigenvalue weighted by molar-refractivity contribution is -0.0165. The van der Waals surface area contributed by atoms with Crippen molar-refractivity contribution in [2.75, 3.05) is 52.5 Å². The van der Waals surface area contributed by atoms with E-state index in [1.54, 1.807) is 0 Å². The minimum absolute atomic E-state index is 0.241. The maximum absolute atomic E-state index is 9.88. The van der Waals surface area contributed by atoms with Gasteiger partial charge in [-0.15, -0.1) is 0 Å². The van der Waals surface area contributed by atoms with Gasteiger partial charge < -0.3 is 24.8 Å². The monoisotopic (exact) mass is 300 g/mol. The van der Waals surface area contributed by atoms with Gasteiger partial charge in [-0.3, -0.25) is 0 Å². The van der Waals surface area contributed by atoms with Crippen LogP contribution in [0.3, 0.4) is 0 Å². The zero-order valence-electron chi connectivity index (χ0n) is 13.4. The third kappa shape index (κ3) is 7.06. The molecule has 2 N–H and O–H groups in total. The fourth-order valence-corrected chi connectivity index (χ4v) is 3.14. The topological polar surface area (TPSA) is 54.0 Å². The van der Waals surface area contributed by atoms with E-state index in [2.05, 4.69) is 17.1 Å². The van der Waals surface area contributed by atoms with Crippen molar-refractivity contribution in [3.05, 3.63) is 0 Å². The van der Waals surface area contributed by atoms with E-state index in [0.29, 0.717) is 25.7 Å². The van der Waals surface area contributed by atoms with Gasteiger partial charge in [0.15, 0.2) is 0 Å². The summed E-state index contributed by atoms with van der Waals surface area (Å²) in [5, 5.41) is 13.2. The van der Waals surface area contributed by atoms with E-state index in [0.717, 1.165) is 26.0 Å². The van der Waals surface area contributed by atoms with E-state index in [-0.39, 0.29) is 6.10 Å². The van der Waals surface area contributed by atoms with Gasteiger partial charge in [-0.1, -0.05) is 6.92 Å². The third-order valence-corrected chi connectivity index (χ3v) is 4.28. The van der Waals surface area contributed by atoms with Crippen LogP contribution in [0.4, 0.5) is 0 Å². The fourth-order valence-electron chi connectivity index (χ4n) is 3.14. The van der Waals surface area contributed by atoms with E-state index in [1.165, 1.54) is 32.5 Å². The second-order valence-electron chi connectivity index (χ2n) is 6.60. The highest BCUT2D eigenvalue weighted by Gasteiger charge is 2.17. The van der Waals surface area contributed by atoms with Crippen LogP contribution in [0.2, 0.25) is 0 Å². The molecule has 124 valence electrons. The molecule has 0 aliphatic carbocycles. The molecule has 0 aromatic rings. The van der Waals surface area contributed by atoms with Crippen LogP contribution in [0.15, 0.2) is 0 Å². The maximum atomic E-state index is 9.88. The number of aliphatic hydroxyl groups excluding tert-OH is 1.